The van der Waals surface area contributed by atoms with Crippen molar-refractivity contribution in [3.8, 4) is 5.75 Å². The molecule has 0 aromatic heterocycles. The Hall–Kier alpha value is -1.15. The molecule has 1 rings (SSSR count). The minimum atomic E-state index is -4.45. The lowest BCUT2D eigenvalue weighted by molar-refractivity contribution is 0.162. The van der Waals surface area contributed by atoms with Crippen molar-refractivity contribution in [3.63, 3.8) is 0 Å². The van der Waals surface area contributed by atoms with Gasteiger partial charge in [-0.25, -0.2) is 0 Å². The Morgan fingerprint density at radius 3 is 1.92 bits per heavy atom. The van der Waals surface area contributed by atoms with Crippen molar-refractivity contribution in [1.29, 1.82) is 0 Å². The summed E-state index contributed by atoms with van der Waals surface area (Å²) in [6.07, 6.45) is 9.20. The molecule has 0 bridgehead atoms. The fourth-order valence-electron chi connectivity index (χ4n) is 2.38. The Kier molecular flexibility index (Phi) is 18.0. The first-order valence-corrected chi connectivity index (χ1v) is 10.6. The molecule has 0 amide bonds. The summed E-state index contributed by atoms with van der Waals surface area (Å²) in [5.74, 6) is 0.223. The molecule has 0 aliphatic carbocycles. The first kappa shape index (κ1) is 27.1. The maximum Gasteiger partial charge on any atom is 0.446 e. The summed E-state index contributed by atoms with van der Waals surface area (Å²) in [6.45, 7) is 7.87. The number of para-hydroxylation sites is 1. The maximum atomic E-state index is 10.8. The Morgan fingerprint density at radius 1 is 0.885 bits per heavy atom. The van der Waals surface area contributed by atoms with Crippen LogP contribution >= 0.6 is 0 Å². The monoisotopic (exact) mass is 391 g/mol. The van der Waals surface area contributed by atoms with E-state index in [1.165, 1.54) is 32.1 Å². The zero-order chi connectivity index (χ0) is 19.0. The number of ether oxygens (including phenoxy) is 1. The van der Waals surface area contributed by atoms with Gasteiger partial charge in [-0.05, 0) is 38.3 Å². The van der Waals surface area contributed by atoms with E-state index < -0.39 is 10.4 Å². The molecule has 0 radical (unpaired) electrons. The minimum absolute atomic E-state index is 0. The van der Waals surface area contributed by atoms with E-state index in [9.17, 15) is 8.42 Å². The molecule has 0 aliphatic heterocycles. The molecule has 0 heterocycles. The molecule has 6 nitrogen and oxygen atoms in total. The SMILES string of the molecule is CCCCCCCCCc1ccccc1OS(=O)(=O)O.CCOCC.N. The fraction of sp³-hybridized carbons (Fsp3) is 0.684. The second-order valence-corrected chi connectivity index (χ2v) is 6.79. The van der Waals surface area contributed by atoms with Gasteiger partial charge in [0, 0.05) is 13.2 Å². The zero-order valence-corrected chi connectivity index (χ0v) is 17.4. The smallest absolute Gasteiger partial charge is 0.382 e. The third-order valence-electron chi connectivity index (χ3n) is 3.63. The van der Waals surface area contributed by atoms with E-state index in [1.807, 2.05) is 26.0 Å². The van der Waals surface area contributed by atoms with Crippen molar-refractivity contribution in [2.45, 2.75) is 72.1 Å². The average Bonchev–Trinajstić information content (AvgIpc) is 2.55. The molecule has 0 atom stereocenters. The van der Waals surface area contributed by atoms with Gasteiger partial charge in [0.05, 0.1) is 0 Å². The van der Waals surface area contributed by atoms with Gasteiger partial charge in [0.15, 0.2) is 0 Å². The summed E-state index contributed by atoms with van der Waals surface area (Å²) < 4.78 is 39.7. The topological polar surface area (TPSA) is 108 Å². The molecule has 7 heteroatoms. The van der Waals surface area contributed by atoms with Crippen molar-refractivity contribution in [1.82, 2.24) is 6.15 Å². The first-order valence-electron chi connectivity index (χ1n) is 9.27. The van der Waals surface area contributed by atoms with Crippen LogP contribution in [0.3, 0.4) is 0 Å². The summed E-state index contributed by atoms with van der Waals surface area (Å²) in [5.41, 5.74) is 0.818. The van der Waals surface area contributed by atoms with E-state index in [1.54, 1.807) is 12.1 Å². The fourth-order valence-corrected chi connectivity index (χ4v) is 2.77. The Bertz CT molecular complexity index is 532. The quantitative estimate of drug-likeness (QED) is 0.366. The molecule has 4 N–H and O–H groups in total. The summed E-state index contributed by atoms with van der Waals surface area (Å²) in [7, 11) is -4.45. The summed E-state index contributed by atoms with van der Waals surface area (Å²) in [4.78, 5) is 0. The van der Waals surface area contributed by atoms with Gasteiger partial charge in [-0.3, -0.25) is 4.55 Å². The van der Waals surface area contributed by atoms with Crippen LogP contribution < -0.4 is 10.3 Å². The second kappa shape index (κ2) is 17.3. The Labute approximate surface area is 159 Å². The minimum Gasteiger partial charge on any atom is -0.382 e. The van der Waals surface area contributed by atoms with Crippen molar-refractivity contribution < 1.29 is 21.9 Å². The van der Waals surface area contributed by atoms with Gasteiger partial charge in [0.25, 0.3) is 0 Å². The number of benzene rings is 1. The molecule has 1 aromatic rings. The molecule has 0 spiro atoms. The summed E-state index contributed by atoms with van der Waals surface area (Å²) >= 11 is 0. The molecule has 0 saturated carbocycles. The van der Waals surface area contributed by atoms with Crippen LogP contribution in [0.5, 0.6) is 5.75 Å². The third-order valence-corrected chi connectivity index (χ3v) is 4.02. The number of hydrogen-bond acceptors (Lipinski definition) is 5. The average molecular weight is 392 g/mol. The van der Waals surface area contributed by atoms with Crippen molar-refractivity contribution in [2.24, 2.45) is 0 Å². The number of rotatable bonds is 12. The van der Waals surface area contributed by atoms with Crippen LogP contribution in [-0.2, 0) is 21.6 Å². The van der Waals surface area contributed by atoms with Gasteiger partial charge in [0.2, 0.25) is 0 Å². The predicted molar refractivity (Wildman–Crippen MR) is 108 cm³/mol. The van der Waals surface area contributed by atoms with Gasteiger partial charge in [-0.15, -0.1) is 0 Å². The van der Waals surface area contributed by atoms with Crippen LogP contribution in [-0.4, -0.2) is 26.2 Å². The van der Waals surface area contributed by atoms with E-state index in [2.05, 4.69) is 11.1 Å². The van der Waals surface area contributed by atoms with Gasteiger partial charge in [0.1, 0.15) is 5.75 Å². The van der Waals surface area contributed by atoms with Crippen molar-refractivity contribution in [3.05, 3.63) is 29.8 Å². The van der Waals surface area contributed by atoms with Gasteiger partial charge in [-0.1, -0.05) is 63.6 Å². The van der Waals surface area contributed by atoms with Crippen molar-refractivity contribution >= 4 is 10.4 Å². The van der Waals surface area contributed by atoms with E-state index in [0.717, 1.165) is 38.0 Å². The molecule has 0 saturated heterocycles. The second-order valence-electron chi connectivity index (χ2n) is 5.77. The molecule has 1 aromatic carbocycles. The molecular weight excluding hydrogens is 354 g/mol. The lowest BCUT2D eigenvalue weighted by atomic mass is 10.0. The van der Waals surface area contributed by atoms with Gasteiger partial charge in [-0.2, -0.15) is 8.42 Å². The summed E-state index contributed by atoms with van der Waals surface area (Å²) in [5, 5.41) is 0. The van der Waals surface area contributed by atoms with Crippen LogP contribution in [0.2, 0.25) is 0 Å². The maximum absolute atomic E-state index is 10.8. The van der Waals surface area contributed by atoms with Crippen LogP contribution in [0.25, 0.3) is 0 Å². The number of hydrogen-bond donors (Lipinski definition) is 2. The standard InChI is InChI=1S/C15H24O4S.C4H10O.H3N/c1-2-3-4-5-6-7-8-11-14-12-9-10-13-15(14)19-20(16,17)18;1-3-5-4-2;/h9-10,12-13H,2-8,11H2,1H3,(H,16,17,18);3-4H2,1-2H3;1H3. The lowest BCUT2D eigenvalue weighted by Gasteiger charge is -2.08. The van der Waals surface area contributed by atoms with Crippen LogP contribution in [0.1, 0.15) is 71.3 Å². The molecule has 0 fully saturated rings. The number of aryl methyl sites for hydroxylation is 1. The lowest BCUT2D eigenvalue weighted by Crippen LogP contribution is -2.08. The molecule has 154 valence electrons. The van der Waals surface area contributed by atoms with E-state index >= 15 is 0 Å². The zero-order valence-electron chi connectivity index (χ0n) is 16.6. The van der Waals surface area contributed by atoms with E-state index in [4.69, 9.17) is 9.29 Å². The number of unbranched alkanes of at least 4 members (excludes halogenated alkanes) is 6. The highest BCUT2D eigenvalue weighted by Crippen LogP contribution is 2.22. The third kappa shape index (κ3) is 16.3. The largest absolute Gasteiger partial charge is 0.446 e. The van der Waals surface area contributed by atoms with Gasteiger partial charge >= 0.3 is 10.4 Å². The Morgan fingerprint density at radius 2 is 1.42 bits per heavy atom. The molecule has 0 unspecified atom stereocenters. The highest BCUT2D eigenvalue weighted by atomic mass is 32.3. The highest BCUT2D eigenvalue weighted by Gasteiger charge is 2.10. The van der Waals surface area contributed by atoms with E-state index in [-0.39, 0.29) is 11.9 Å². The molecule has 0 aliphatic rings. The Balaban J connectivity index is 0. The van der Waals surface area contributed by atoms with Crippen LogP contribution in [0.4, 0.5) is 0 Å². The van der Waals surface area contributed by atoms with Gasteiger partial charge < -0.3 is 15.1 Å². The van der Waals surface area contributed by atoms with E-state index in [0.29, 0.717) is 0 Å². The van der Waals surface area contributed by atoms with Crippen molar-refractivity contribution in [2.75, 3.05) is 13.2 Å². The van der Waals surface area contributed by atoms with Crippen LogP contribution in [0, 0.1) is 0 Å². The predicted octanol–water partition coefficient (Wildman–Crippen LogP) is 5.37. The van der Waals surface area contributed by atoms with Crippen LogP contribution in [0.15, 0.2) is 24.3 Å². The normalized spacial score (nSPS) is 10.5. The molecular formula is C19H37NO5S. The highest BCUT2D eigenvalue weighted by molar-refractivity contribution is 7.81. The first-order chi connectivity index (χ1) is 11.9. The molecule has 26 heavy (non-hydrogen) atoms. The summed E-state index contributed by atoms with van der Waals surface area (Å²) in [6, 6.07) is 6.92.